The summed E-state index contributed by atoms with van der Waals surface area (Å²) >= 11 is 0. The second-order valence-electron chi connectivity index (χ2n) is 6.67. The zero-order chi connectivity index (χ0) is 16.9. The van der Waals surface area contributed by atoms with Gasteiger partial charge in [-0.3, -0.25) is 4.99 Å². The first-order chi connectivity index (χ1) is 11.7. The van der Waals surface area contributed by atoms with Gasteiger partial charge in [-0.2, -0.15) is 0 Å². The summed E-state index contributed by atoms with van der Waals surface area (Å²) in [5, 5.41) is 13.6. The van der Waals surface area contributed by atoms with Gasteiger partial charge < -0.3 is 25.1 Å². The van der Waals surface area contributed by atoms with Gasteiger partial charge in [0, 0.05) is 45.8 Å². The van der Waals surface area contributed by atoms with Crippen molar-refractivity contribution in [2.75, 3.05) is 58.3 Å². The van der Waals surface area contributed by atoms with Gasteiger partial charge in [-0.1, -0.05) is 12.1 Å². The Hall–Kier alpha value is -1.95. The number of hydrogen-bond acceptors (Lipinski definition) is 4. The number of aliphatic imine (C=N–C) groups is 1. The van der Waals surface area contributed by atoms with Gasteiger partial charge in [-0.25, -0.2) is 0 Å². The Labute approximate surface area is 144 Å². The molecule has 0 saturated carbocycles. The van der Waals surface area contributed by atoms with E-state index in [1.807, 2.05) is 25.2 Å². The van der Waals surface area contributed by atoms with Crippen LogP contribution >= 0.6 is 0 Å². The second-order valence-corrected chi connectivity index (χ2v) is 6.67. The molecule has 0 aromatic heterocycles. The average Bonchev–Trinajstić information content (AvgIpc) is 3.02. The topological polar surface area (TPSA) is 54.3 Å². The van der Waals surface area contributed by atoms with Crippen molar-refractivity contribution >= 4 is 11.6 Å². The smallest absolute Gasteiger partial charge is 0.193 e. The van der Waals surface area contributed by atoms with Crippen molar-refractivity contribution in [2.24, 2.45) is 4.99 Å². The predicted octanol–water partition coefficient (Wildman–Crippen LogP) is 1.18. The highest BCUT2D eigenvalue weighted by molar-refractivity contribution is 5.80. The van der Waals surface area contributed by atoms with Gasteiger partial charge in [-0.15, -0.1) is 0 Å². The average molecular weight is 331 g/mol. The Balaban J connectivity index is 1.52. The van der Waals surface area contributed by atoms with Crippen LogP contribution in [0.2, 0.25) is 0 Å². The Bertz CT molecular complexity index is 568. The number of guanidine groups is 1. The molecule has 2 saturated heterocycles. The maximum atomic E-state index is 10.0. The number of phenolic OH excluding ortho intramolecular Hbond substituents is 1. The molecule has 2 fully saturated rings. The molecule has 2 aliphatic heterocycles. The molecule has 0 aliphatic carbocycles. The number of nitrogens with zero attached hydrogens (tertiary/aromatic N) is 4. The molecule has 1 unspecified atom stereocenters. The lowest BCUT2D eigenvalue weighted by Gasteiger charge is -2.38. The molecule has 1 atom stereocenters. The van der Waals surface area contributed by atoms with Crippen LogP contribution in [0.1, 0.15) is 12.8 Å². The molecule has 1 aromatic carbocycles. The number of nitrogens with one attached hydrogen (secondary N) is 1. The fourth-order valence-corrected chi connectivity index (χ4v) is 3.67. The number of aromatic hydroxyl groups is 1. The molecule has 132 valence electrons. The maximum absolute atomic E-state index is 10.0. The maximum Gasteiger partial charge on any atom is 0.193 e. The number of likely N-dealkylation sites (tertiary alicyclic amines) is 1. The van der Waals surface area contributed by atoms with Gasteiger partial charge in [0.05, 0.1) is 5.69 Å². The van der Waals surface area contributed by atoms with Crippen LogP contribution in [0.5, 0.6) is 5.75 Å². The summed E-state index contributed by atoms with van der Waals surface area (Å²) in [6.07, 6.45) is 2.56. The van der Waals surface area contributed by atoms with E-state index in [1.165, 1.54) is 19.4 Å². The van der Waals surface area contributed by atoms with E-state index in [0.717, 1.165) is 44.4 Å². The summed E-state index contributed by atoms with van der Waals surface area (Å²) in [6.45, 7) is 5.76. The van der Waals surface area contributed by atoms with E-state index in [0.29, 0.717) is 11.8 Å². The molecule has 1 aromatic rings. The van der Waals surface area contributed by atoms with E-state index in [4.69, 9.17) is 0 Å². The third kappa shape index (κ3) is 3.75. The molecule has 2 N–H and O–H groups in total. The standard InChI is InChI=1S/C18H29N5O/c1-19-18(20-14-15-6-5-9-21(15)2)23-12-10-22(11-13-23)16-7-3-4-8-17(16)24/h3-4,7-8,15,24H,5-6,9-14H2,1-2H3,(H,19,20). The van der Waals surface area contributed by atoms with E-state index in [2.05, 4.69) is 32.1 Å². The second kappa shape index (κ2) is 7.75. The Kier molecular flexibility index (Phi) is 5.45. The number of piperazine rings is 1. The van der Waals surface area contributed by atoms with Gasteiger partial charge in [0.2, 0.25) is 0 Å². The lowest BCUT2D eigenvalue weighted by atomic mass is 10.2. The quantitative estimate of drug-likeness (QED) is 0.644. The van der Waals surface area contributed by atoms with Crippen LogP contribution in [-0.2, 0) is 0 Å². The first-order valence-corrected chi connectivity index (χ1v) is 8.88. The van der Waals surface area contributed by atoms with E-state index in [-0.39, 0.29) is 0 Å². The highest BCUT2D eigenvalue weighted by atomic mass is 16.3. The van der Waals surface area contributed by atoms with Gasteiger partial charge in [0.1, 0.15) is 5.75 Å². The monoisotopic (exact) mass is 331 g/mol. The first kappa shape index (κ1) is 16.9. The summed E-state index contributed by atoms with van der Waals surface area (Å²) in [5.74, 6) is 1.35. The van der Waals surface area contributed by atoms with Crippen LogP contribution in [0, 0.1) is 0 Å². The summed E-state index contributed by atoms with van der Waals surface area (Å²) < 4.78 is 0. The minimum absolute atomic E-state index is 0.359. The third-order valence-electron chi connectivity index (χ3n) is 5.18. The number of rotatable bonds is 3. The Morgan fingerprint density at radius 1 is 1.21 bits per heavy atom. The molecule has 2 heterocycles. The van der Waals surface area contributed by atoms with Crippen LogP contribution in [0.4, 0.5) is 5.69 Å². The van der Waals surface area contributed by atoms with Crippen LogP contribution in [-0.4, -0.2) is 80.3 Å². The van der Waals surface area contributed by atoms with Crippen molar-refractivity contribution in [1.29, 1.82) is 0 Å². The molecule has 6 heteroatoms. The zero-order valence-electron chi connectivity index (χ0n) is 14.8. The predicted molar refractivity (Wildman–Crippen MR) is 98.9 cm³/mol. The zero-order valence-corrected chi connectivity index (χ0v) is 14.8. The minimum Gasteiger partial charge on any atom is -0.506 e. The molecule has 0 radical (unpaired) electrons. The first-order valence-electron chi connectivity index (χ1n) is 8.88. The van der Waals surface area contributed by atoms with Crippen molar-refractivity contribution in [2.45, 2.75) is 18.9 Å². The highest BCUT2D eigenvalue weighted by Gasteiger charge is 2.24. The number of benzene rings is 1. The summed E-state index contributed by atoms with van der Waals surface area (Å²) in [4.78, 5) is 11.4. The molecular formula is C18H29N5O. The molecule has 2 aliphatic rings. The molecule has 3 rings (SSSR count). The largest absolute Gasteiger partial charge is 0.506 e. The fraction of sp³-hybridized carbons (Fsp3) is 0.611. The lowest BCUT2D eigenvalue weighted by Crippen LogP contribution is -2.54. The fourth-order valence-electron chi connectivity index (χ4n) is 3.67. The van der Waals surface area contributed by atoms with E-state index < -0.39 is 0 Å². The van der Waals surface area contributed by atoms with Crippen molar-refractivity contribution in [1.82, 2.24) is 15.1 Å². The SMILES string of the molecule is CN=C(NCC1CCCN1C)N1CCN(c2ccccc2O)CC1. The van der Waals surface area contributed by atoms with Crippen molar-refractivity contribution in [3.63, 3.8) is 0 Å². The Morgan fingerprint density at radius 3 is 2.58 bits per heavy atom. The Morgan fingerprint density at radius 2 is 1.96 bits per heavy atom. The van der Waals surface area contributed by atoms with E-state index in [1.54, 1.807) is 6.07 Å². The lowest BCUT2D eigenvalue weighted by molar-refractivity contribution is 0.303. The molecular weight excluding hydrogens is 302 g/mol. The van der Waals surface area contributed by atoms with Gasteiger partial charge in [-0.05, 0) is 38.6 Å². The van der Waals surface area contributed by atoms with Crippen LogP contribution in [0.3, 0.4) is 0 Å². The van der Waals surface area contributed by atoms with Crippen molar-refractivity contribution in [3.05, 3.63) is 24.3 Å². The van der Waals surface area contributed by atoms with Gasteiger partial charge in [0.25, 0.3) is 0 Å². The van der Waals surface area contributed by atoms with E-state index >= 15 is 0 Å². The number of likely N-dealkylation sites (N-methyl/N-ethyl adjacent to an activating group) is 1. The molecule has 6 nitrogen and oxygen atoms in total. The number of para-hydroxylation sites is 2. The number of hydrogen-bond donors (Lipinski definition) is 2. The summed E-state index contributed by atoms with van der Waals surface area (Å²) in [7, 11) is 4.06. The number of anilines is 1. The van der Waals surface area contributed by atoms with Gasteiger partial charge in [0.15, 0.2) is 5.96 Å². The molecule has 24 heavy (non-hydrogen) atoms. The number of phenols is 1. The summed E-state index contributed by atoms with van der Waals surface area (Å²) in [6, 6.07) is 8.18. The minimum atomic E-state index is 0.359. The van der Waals surface area contributed by atoms with Crippen LogP contribution in [0.25, 0.3) is 0 Å². The molecule has 0 amide bonds. The van der Waals surface area contributed by atoms with Crippen molar-refractivity contribution in [3.8, 4) is 5.75 Å². The summed E-state index contributed by atoms with van der Waals surface area (Å²) in [5.41, 5.74) is 0.924. The van der Waals surface area contributed by atoms with E-state index in [9.17, 15) is 5.11 Å². The third-order valence-corrected chi connectivity index (χ3v) is 5.18. The normalized spacial score (nSPS) is 22.9. The van der Waals surface area contributed by atoms with Gasteiger partial charge >= 0.3 is 0 Å². The van der Waals surface area contributed by atoms with Crippen molar-refractivity contribution < 1.29 is 5.11 Å². The highest BCUT2D eigenvalue weighted by Crippen LogP contribution is 2.27. The molecule has 0 bridgehead atoms. The van der Waals surface area contributed by atoms with Crippen LogP contribution in [0.15, 0.2) is 29.3 Å². The van der Waals surface area contributed by atoms with Crippen LogP contribution < -0.4 is 10.2 Å². The molecule has 0 spiro atoms.